The first kappa shape index (κ1) is 14.0. The molecule has 0 radical (unpaired) electrons. The minimum Gasteiger partial charge on any atom is -0.384 e. The normalized spacial score (nSPS) is 10.3. The summed E-state index contributed by atoms with van der Waals surface area (Å²) >= 11 is 3.45. The monoisotopic (exact) mass is 297 g/mol. The quantitative estimate of drug-likeness (QED) is 0.480. The first-order valence-corrected chi connectivity index (χ1v) is 6.71. The summed E-state index contributed by atoms with van der Waals surface area (Å²) in [5.74, 6) is 0.106. The molecular formula is C13H20BrN3. The number of hydrogen-bond donors (Lipinski definition) is 2. The van der Waals surface area contributed by atoms with E-state index in [1.807, 2.05) is 25.2 Å². The molecule has 1 aromatic rings. The highest BCUT2D eigenvalue weighted by Crippen LogP contribution is 2.26. The Hall–Kier alpha value is -1.03. The van der Waals surface area contributed by atoms with E-state index in [1.54, 1.807) is 0 Å². The van der Waals surface area contributed by atoms with Crippen LogP contribution in [0.2, 0.25) is 0 Å². The first-order chi connectivity index (χ1) is 8.07. The molecule has 0 spiro atoms. The molecule has 17 heavy (non-hydrogen) atoms. The van der Waals surface area contributed by atoms with E-state index in [0.717, 1.165) is 28.7 Å². The Morgan fingerprint density at radius 1 is 1.41 bits per heavy atom. The molecule has 4 heteroatoms. The van der Waals surface area contributed by atoms with Crippen LogP contribution in [-0.2, 0) is 0 Å². The predicted molar refractivity (Wildman–Crippen MR) is 78.0 cm³/mol. The maximum atomic E-state index is 7.64. The van der Waals surface area contributed by atoms with Gasteiger partial charge in [0.25, 0.3) is 0 Å². The number of unbranched alkanes of at least 4 members (excludes halogenated alkanes) is 2. The zero-order valence-electron chi connectivity index (χ0n) is 10.5. The van der Waals surface area contributed by atoms with Gasteiger partial charge < -0.3 is 10.6 Å². The van der Waals surface area contributed by atoms with Gasteiger partial charge in [-0.2, -0.15) is 0 Å². The van der Waals surface area contributed by atoms with Crippen molar-refractivity contribution in [2.75, 3.05) is 18.5 Å². The summed E-state index contributed by atoms with van der Waals surface area (Å²) in [6, 6.07) is 5.90. The number of benzene rings is 1. The van der Waals surface area contributed by atoms with Gasteiger partial charge in [0.2, 0.25) is 0 Å². The van der Waals surface area contributed by atoms with Gasteiger partial charge in [-0.25, -0.2) is 0 Å². The van der Waals surface area contributed by atoms with E-state index in [4.69, 9.17) is 11.1 Å². The third-order valence-electron chi connectivity index (χ3n) is 2.77. The Bertz CT molecular complexity index is 390. The fourth-order valence-electron chi connectivity index (χ4n) is 1.82. The molecule has 1 aromatic carbocycles. The summed E-state index contributed by atoms with van der Waals surface area (Å²) in [5, 5.41) is 7.64. The van der Waals surface area contributed by atoms with Crippen LogP contribution in [0.25, 0.3) is 0 Å². The van der Waals surface area contributed by atoms with E-state index < -0.39 is 0 Å². The third kappa shape index (κ3) is 3.73. The van der Waals surface area contributed by atoms with Crippen molar-refractivity contribution in [3.8, 4) is 0 Å². The lowest BCUT2D eigenvalue weighted by Crippen LogP contribution is -2.23. The average molecular weight is 298 g/mol. The van der Waals surface area contributed by atoms with Crippen LogP contribution in [0.4, 0.5) is 5.69 Å². The lowest BCUT2D eigenvalue weighted by Gasteiger charge is -2.22. The second-order valence-electron chi connectivity index (χ2n) is 4.18. The fraction of sp³-hybridized carbons (Fsp3) is 0.462. The summed E-state index contributed by atoms with van der Waals surface area (Å²) in [5.41, 5.74) is 7.44. The summed E-state index contributed by atoms with van der Waals surface area (Å²) in [4.78, 5) is 2.16. The number of nitrogen functional groups attached to an aromatic ring is 1. The van der Waals surface area contributed by atoms with Gasteiger partial charge in [-0.15, -0.1) is 0 Å². The highest BCUT2D eigenvalue weighted by molar-refractivity contribution is 9.10. The molecule has 0 atom stereocenters. The summed E-state index contributed by atoms with van der Waals surface area (Å²) in [6.45, 7) is 3.19. The van der Waals surface area contributed by atoms with Crippen LogP contribution in [0.1, 0.15) is 31.7 Å². The molecule has 0 aliphatic heterocycles. The maximum absolute atomic E-state index is 7.64. The smallest absolute Gasteiger partial charge is 0.126 e. The van der Waals surface area contributed by atoms with Crippen LogP contribution < -0.4 is 10.6 Å². The van der Waals surface area contributed by atoms with Crippen LogP contribution in [0, 0.1) is 5.41 Å². The molecule has 0 saturated carbocycles. The molecule has 0 aliphatic rings. The number of rotatable bonds is 6. The second-order valence-corrected chi connectivity index (χ2v) is 5.03. The molecule has 1 rings (SSSR count). The Balaban J connectivity index is 2.89. The largest absolute Gasteiger partial charge is 0.384 e. The van der Waals surface area contributed by atoms with Crippen molar-refractivity contribution < 1.29 is 0 Å². The third-order valence-corrected chi connectivity index (χ3v) is 3.43. The Labute approximate surface area is 112 Å². The molecular weight excluding hydrogens is 278 g/mol. The number of nitrogens with one attached hydrogen (secondary N) is 1. The number of nitrogens with two attached hydrogens (primary N) is 1. The van der Waals surface area contributed by atoms with Gasteiger partial charge in [-0.3, -0.25) is 5.41 Å². The number of hydrogen-bond acceptors (Lipinski definition) is 2. The van der Waals surface area contributed by atoms with Crippen LogP contribution in [0.3, 0.4) is 0 Å². The molecule has 3 N–H and O–H groups in total. The molecule has 0 heterocycles. The number of anilines is 1. The number of halogens is 1. The molecule has 0 aromatic heterocycles. The van der Waals surface area contributed by atoms with Gasteiger partial charge >= 0.3 is 0 Å². The fourth-order valence-corrected chi connectivity index (χ4v) is 2.39. The first-order valence-electron chi connectivity index (χ1n) is 5.92. The average Bonchev–Trinajstić information content (AvgIpc) is 2.28. The molecule has 0 bridgehead atoms. The van der Waals surface area contributed by atoms with Gasteiger partial charge in [0, 0.05) is 23.8 Å². The molecule has 0 fully saturated rings. The topological polar surface area (TPSA) is 53.1 Å². The van der Waals surface area contributed by atoms with Gasteiger partial charge in [0.1, 0.15) is 5.84 Å². The number of amidine groups is 1. The van der Waals surface area contributed by atoms with E-state index in [1.165, 1.54) is 12.8 Å². The van der Waals surface area contributed by atoms with Gasteiger partial charge in [0.05, 0.1) is 5.56 Å². The molecule has 3 nitrogen and oxygen atoms in total. The van der Waals surface area contributed by atoms with Crippen molar-refractivity contribution in [1.82, 2.24) is 0 Å². The Morgan fingerprint density at radius 3 is 2.71 bits per heavy atom. The zero-order valence-corrected chi connectivity index (χ0v) is 12.0. The van der Waals surface area contributed by atoms with Crippen molar-refractivity contribution in [3.05, 3.63) is 28.2 Å². The van der Waals surface area contributed by atoms with Crippen molar-refractivity contribution in [2.24, 2.45) is 5.73 Å². The molecule has 0 saturated heterocycles. The standard InChI is InChI=1S/C13H20BrN3/c1-3-4-5-9-17(2)11-8-6-7-10(14)12(11)13(15)16/h6-8H,3-5,9H2,1-2H3,(H3,15,16). The summed E-state index contributed by atoms with van der Waals surface area (Å²) < 4.78 is 0.879. The van der Waals surface area contributed by atoms with Crippen LogP contribution in [-0.4, -0.2) is 19.4 Å². The lowest BCUT2D eigenvalue weighted by molar-refractivity contribution is 0.705. The second kappa shape index (κ2) is 6.64. The van der Waals surface area contributed by atoms with E-state index >= 15 is 0 Å². The lowest BCUT2D eigenvalue weighted by atomic mass is 10.1. The van der Waals surface area contributed by atoms with E-state index in [9.17, 15) is 0 Å². The van der Waals surface area contributed by atoms with E-state index in [-0.39, 0.29) is 5.84 Å². The highest BCUT2D eigenvalue weighted by Gasteiger charge is 2.12. The van der Waals surface area contributed by atoms with Crippen molar-refractivity contribution in [2.45, 2.75) is 26.2 Å². The number of nitrogens with zero attached hydrogens (tertiary/aromatic N) is 1. The molecule has 0 unspecified atom stereocenters. The molecule has 0 amide bonds. The highest BCUT2D eigenvalue weighted by atomic mass is 79.9. The van der Waals surface area contributed by atoms with Crippen LogP contribution >= 0.6 is 15.9 Å². The summed E-state index contributed by atoms with van der Waals surface area (Å²) in [6.07, 6.45) is 3.61. The Kier molecular flexibility index (Phi) is 5.48. The van der Waals surface area contributed by atoms with E-state index in [0.29, 0.717) is 0 Å². The van der Waals surface area contributed by atoms with Crippen LogP contribution in [0.15, 0.2) is 22.7 Å². The minimum atomic E-state index is 0.106. The van der Waals surface area contributed by atoms with Gasteiger partial charge in [-0.1, -0.05) is 25.8 Å². The predicted octanol–water partition coefficient (Wildman–Crippen LogP) is 3.36. The van der Waals surface area contributed by atoms with Gasteiger partial charge in [-0.05, 0) is 34.5 Å². The minimum absolute atomic E-state index is 0.106. The SMILES string of the molecule is CCCCCN(C)c1cccc(Br)c1C(=N)N. The van der Waals surface area contributed by atoms with Crippen molar-refractivity contribution in [3.63, 3.8) is 0 Å². The zero-order chi connectivity index (χ0) is 12.8. The van der Waals surface area contributed by atoms with E-state index in [2.05, 4.69) is 27.8 Å². The maximum Gasteiger partial charge on any atom is 0.126 e. The van der Waals surface area contributed by atoms with Crippen molar-refractivity contribution >= 4 is 27.5 Å². The molecule has 94 valence electrons. The Morgan fingerprint density at radius 2 is 2.12 bits per heavy atom. The van der Waals surface area contributed by atoms with Gasteiger partial charge in [0.15, 0.2) is 0 Å². The summed E-state index contributed by atoms with van der Waals surface area (Å²) in [7, 11) is 2.05. The van der Waals surface area contributed by atoms with Crippen LogP contribution in [0.5, 0.6) is 0 Å². The van der Waals surface area contributed by atoms with Crippen molar-refractivity contribution in [1.29, 1.82) is 5.41 Å². The molecule has 0 aliphatic carbocycles.